The lowest BCUT2D eigenvalue weighted by molar-refractivity contribution is 0.387. The van der Waals surface area contributed by atoms with Gasteiger partial charge in [-0.2, -0.15) is 0 Å². The smallest absolute Gasteiger partial charge is 0.00198 e. The largest absolute Gasteiger partial charge is 0.319 e. The molecule has 0 aromatic heterocycles. The maximum atomic E-state index is 3.33. The highest BCUT2D eigenvalue weighted by Gasteiger charge is 2.19. The van der Waals surface area contributed by atoms with Crippen molar-refractivity contribution in [2.45, 2.75) is 39.5 Å². The first-order valence-electron chi connectivity index (χ1n) is 6.44. The summed E-state index contributed by atoms with van der Waals surface area (Å²) in [6, 6.07) is 8.95. The lowest BCUT2D eigenvalue weighted by atomic mass is 9.82. The molecule has 0 radical (unpaired) electrons. The van der Waals surface area contributed by atoms with Crippen molar-refractivity contribution < 1.29 is 0 Å². The number of benzene rings is 1. The van der Waals surface area contributed by atoms with E-state index in [4.69, 9.17) is 0 Å². The zero-order chi connectivity index (χ0) is 12.0. The van der Waals surface area contributed by atoms with Crippen LogP contribution in [0.25, 0.3) is 0 Å². The Labute approximate surface area is 100 Å². The normalized spacial score (nSPS) is 13.1. The minimum absolute atomic E-state index is 0.653. The van der Waals surface area contributed by atoms with E-state index in [0.29, 0.717) is 5.92 Å². The summed E-state index contributed by atoms with van der Waals surface area (Å²) in [7, 11) is 2.05. The Morgan fingerprint density at radius 1 is 1.19 bits per heavy atom. The fourth-order valence-corrected chi connectivity index (χ4v) is 2.54. The Bertz CT molecular complexity index is 302. The molecule has 1 rings (SSSR count). The van der Waals surface area contributed by atoms with Crippen molar-refractivity contribution in [3.8, 4) is 0 Å². The van der Waals surface area contributed by atoms with Crippen molar-refractivity contribution in [1.29, 1.82) is 0 Å². The van der Waals surface area contributed by atoms with E-state index < -0.39 is 0 Å². The Morgan fingerprint density at radius 2 is 1.88 bits per heavy atom. The van der Waals surface area contributed by atoms with Crippen LogP contribution in [0.3, 0.4) is 0 Å². The zero-order valence-corrected chi connectivity index (χ0v) is 11.1. The quantitative estimate of drug-likeness (QED) is 0.768. The fraction of sp³-hybridized carbons (Fsp3) is 0.600. The summed E-state index contributed by atoms with van der Waals surface area (Å²) < 4.78 is 0. The van der Waals surface area contributed by atoms with Gasteiger partial charge in [0.15, 0.2) is 0 Å². The second-order valence-electron chi connectivity index (χ2n) is 4.65. The van der Waals surface area contributed by atoms with E-state index >= 15 is 0 Å². The Balaban J connectivity index is 2.91. The van der Waals surface area contributed by atoms with Crippen LogP contribution in [0.2, 0.25) is 0 Å². The molecule has 1 nitrogen and oxygen atoms in total. The van der Waals surface area contributed by atoms with E-state index in [1.807, 2.05) is 7.05 Å². The van der Waals surface area contributed by atoms with Gasteiger partial charge in [0.2, 0.25) is 0 Å². The highest BCUT2D eigenvalue weighted by Crippen LogP contribution is 2.29. The van der Waals surface area contributed by atoms with Crippen molar-refractivity contribution in [2.75, 3.05) is 13.6 Å². The van der Waals surface area contributed by atoms with Crippen molar-refractivity contribution in [3.05, 3.63) is 35.4 Å². The van der Waals surface area contributed by atoms with E-state index in [0.717, 1.165) is 12.5 Å². The molecule has 0 bridgehead atoms. The summed E-state index contributed by atoms with van der Waals surface area (Å²) in [5, 5.41) is 3.33. The third-order valence-electron chi connectivity index (χ3n) is 3.51. The van der Waals surface area contributed by atoms with Crippen molar-refractivity contribution in [1.82, 2.24) is 5.32 Å². The maximum Gasteiger partial charge on any atom is 0.00198 e. The molecular formula is C15H25N. The van der Waals surface area contributed by atoms with Crippen molar-refractivity contribution in [2.24, 2.45) is 5.92 Å². The fourth-order valence-electron chi connectivity index (χ4n) is 2.54. The first-order valence-corrected chi connectivity index (χ1v) is 6.44. The second kappa shape index (κ2) is 6.70. The molecule has 1 aromatic carbocycles. The molecule has 0 fully saturated rings. The van der Waals surface area contributed by atoms with Crippen molar-refractivity contribution >= 4 is 0 Å². The topological polar surface area (TPSA) is 12.0 Å². The SMILES string of the molecule is CCC(CC)C(CNC)c1cccc(C)c1. The molecule has 90 valence electrons. The van der Waals surface area contributed by atoms with E-state index in [1.165, 1.54) is 24.0 Å². The average molecular weight is 219 g/mol. The molecule has 0 spiro atoms. The molecule has 0 saturated heterocycles. The Morgan fingerprint density at radius 3 is 2.38 bits per heavy atom. The monoisotopic (exact) mass is 219 g/mol. The summed E-state index contributed by atoms with van der Waals surface area (Å²) in [4.78, 5) is 0. The highest BCUT2D eigenvalue weighted by atomic mass is 14.8. The zero-order valence-electron chi connectivity index (χ0n) is 11.1. The standard InChI is InChI=1S/C15H25N/c1-5-13(6-2)15(11-16-4)14-9-7-8-12(3)10-14/h7-10,13,15-16H,5-6,11H2,1-4H3. The van der Waals surface area contributed by atoms with Crippen LogP contribution in [0, 0.1) is 12.8 Å². The van der Waals surface area contributed by atoms with Crippen LogP contribution in [-0.2, 0) is 0 Å². The van der Waals surface area contributed by atoms with Crippen LogP contribution in [0.4, 0.5) is 0 Å². The number of aryl methyl sites for hydroxylation is 1. The molecule has 0 amide bonds. The number of hydrogen-bond donors (Lipinski definition) is 1. The summed E-state index contributed by atoms with van der Waals surface area (Å²) in [5.74, 6) is 1.44. The summed E-state index contributed by atoms with van der Waals surface area (Å²) in [6.45, 7) is 7.85. The molecule has 0 aliphatic rings. The molecule has 0 aliphatic carbocycles. The van der Waals surface area contributed by atoms with Gasteiger partial charge in [0.05, 0.1) is 0 Å². The second-order valence-corrected chi connectivity index (χ2v) is 4.65. The van der Waals surface area contributed by atoms with E-state index in [1.54, 1.807) is 0 Å². The van der Waals surface area contributed by atoms with Gasteiger partial charge in [0, 0.05) is 6.54 Å². The third kappa shape index (κ3) is 3.34. The Kier molecular flexibility index (Phi) is 5.54. The molecular weight excluding hydrogens is 194 g/mol. The van der Waals surface area contributed by atoms with Crippen LogP contribution in [0.5, 0.6) is 0 Å². The van der Waals surface area contributed by atoms with Gasteiger partial charge in [-0.05, 0) is 31.4 Å². The first kappa shape index (κ1) is 13.2. The molecule has 16 heavy (non-hydrogen) atoms. The predicted molar refractivity (Wildman–Crippen MR) is 71.9 cm³/mol. The van der Waals surface area contributed by atoms with Crippen LogP contribution >= 0.6 is 0 Å². The lowest BCUT2D eigenvalue weighted by Crippen LogP contribution is -2.23. The van der Waals surface area contributed by atoms with Crippen LogP contribution < -0.4 is 5.32 Å². The molecule has 1 unspecified atom stereocenters. The van der Waals surface area contributed by atoms with Crippen LogP contribution in [0.15, 0.2) is 24.3 Å². The molecule has 0 aliphatic heterocycles. The predicted octanol–water partition coefficient (Wildman–Crippen LogP) is 3.73. The van der Waals surface area contributed by atoms with Crippen LogP contribution in [-0.4, -0.2) is 13.6 Å². The van der Waals surface area contributed by atoms with E-state index in [-0.39, 0.29) is 0 Å². The minimum atomic E-state index is 0.653. The van der Waals surface area contributed by atoms with Gasteiger partial charge in [-0.3, -0.25) is 0 Å². The molecule has 0 heterocycles. The van der Waals surface area contributed by atoms with Crippen molar-refractivity contribution in [3.63, 3.8) is 0 Å². The van der Waals surface area contributed by atoms with Gasteiger partial charge in [0.25, 0.3) is 0 Å². The van der Waals surface area contributed by atoms with Crippen LogP contribution in [0.1, 0.15) is 43.7 Å². The lowest BCUT2D eigenvalue weighted by Gasteiger charge is -2.26. The van der Waals surface area contributed by atoms with E-state index in [2.05, 4.69) is 50.4 Å². The number of rotatable bonds is 6. The maximum absolute atomic E-state index is 3.33. The van der Waals surface area contributed by atoms with Gasteiger partial charge in [-0.15, -0.1) is 0 Å². The summed E-state index contributed by atoms with van der Waals surface area (Å²) in [6.07, 6.45) is 2.52. The molecule has 1 N–H and O–H groups in total. The van der Waals surface area contributed by atoms with E-state index in [9.17, 15) is 0 Å². The highest BCUT2D eigenvalue weighted by molar-refractivity contribution is 5.26. The number of nitrogens with one attached hydrogen (secondary N) is 1. The first-order chi connectivity index (χ1) is 7.72. The Hall–Kier alpha value is -0.820. The molecule has 1 aromatic rings. The summed E-state index contributed by atoms with van der Waals surface area (Å²) in [5.41, 5.74) is 2.85. The third-order valence-corrected chi connectivity index (χ3v) is 3.51. The molecule has 1 heteroatoms. The van der Waals surface area contributed by atoms with Gasteiger partial charge in [-0.25, -0.2) is 0 Å². The minimum Gasteiger partial charge on any atom is -0.319 e. The number of hydrogen-bond acceptors (Lipinski definition) is 1. The van der Waals surface area contributed by atoms with Gasteiger partial charge in [0.1, 0.15) is 0 Å². The molecule has 0 saturated carbocycles. The van der Waals surface area contributed by atoms with Gasteiger partial charge < -0.3 is 5.32 Å². The average Bonchev–Trinajstić information content (AvgIpc) is 2.29. The van der Waals surface area contributed by atoms with Gasteiger partial charge >= 0.3 is 0 Å². The summed E-state index contributed by atoms with van der Waals surface area (Å²) >= 11 is 0. The molecule has 1 atom stereocenters. The number of likely N-dealkylation sites (N-methyl/N-ethyl adjacent to an activating group) is 1. The van der Waals surface area contributed by atoms with Gasteiger partial charge in [-0.1, -0.05) is 56.5 Å².